The molecule has 3 aliphatic rings. The Morgan fingerprint density at radius 1 is 0.889 bits per heavy atom. The van der Waals surface area contributed by atoms with Crippen molar-refractivity contribution >= 4 is 11.6 Å². The van der Waals surface area contributed by atoms with Gasteiger partial charge in [0, 0.05) is 43.5 Å². The van der Waals surface area contributed by atoms with Crippen LogP contribution in [-0.4, -0.2) is 79.0 Å². The lowest BCUT2D eigenvalue weighted by Crippen LogP contribution is -2.42. The second-order valence-corrected chi connectivity index (χ2v) is 8.36. The number of anilines is 1. The van der Waals surface area contributed by atoms with E-state index >= 15 is 0 Å². The third-order valence-electron chi connectivity index (χ3n) is 6.39. The molecule has 3 fully saturated rings. The van der Waals surface area contributed by atoms with Crippen molar-refractivity contribution in [1.29, 1.82) is 0 Å². The maximum absolute atomic E-state index is 13.0. The minimum absolute atomic E-state index is 0.209. The van der Waals surface area contributed by atoms with Crippen LogP contribution >= 0.6 is 0 Å². The van der Waals surface area contributed by atoms with Crippen LogP contribution in [0.15, 0.2) is 24.3 Å². The molecule has 1 N–H and O–H groups in total. The molecule has 27 heavy (non-hydrogen) atoms. The standard InChI is InChI=1S/C22H34N4O/c27-22(26-16-5-6-21(26)18-25-14-3-4-15-25)19-7-9-20(10-8-19)23-11-17-24-12-1-2-13-24/h7-10,21,23H,1-6,11-18H2. The highest BCUT2D eigenvalue weighted by Gasteiger charge is 2.31. The quantitative estimate of drug-likeness (QED) is 0.801. The molecular weight excluding hydrogens is 336 g/mol. The van der Waals surface area contributed by atoms with Crippen molar-refractivity contribution in [3.63, 3.8) is 0 Å². The lowest BCUT2D eigenvalue weighted by atomic mass is 10.1. The van der Waals surface area contributed by atoms with Crippen LogP contribution in [0.4, 0.5) is 5.69 Å². The van der Waals surface area contributed by atoms with E-state index in [1.807, 2.05) is 12.1 Å². The van der Waals surface area contributed by atoms with Crippen LogP contribution < -0.4 is 5.32 Å². The van der Waals surface area contributed by atoms with E-state index in [1.165, 1.54) is 51.9 Å². The fraction of sp³-hybridized carbons (Fsp3) is 0.682. The summed E-state index contributed by atoms with van der Waals surface area (Å²) in [4.78, 5) is 20.2. The lowest BCUT2D eigenvalue weighted by molar-refractivity contribution is 0.0709. The van der Waals surface area contributed by atoms with Crippen LogP contribution in [0.3, 0.4) is 0 Å². The van der Waals surface area contributed by atoms with Crippen molar-refractivity contribution in [2.75, 3.05) is 57.7 Å². The zero-order valence-corrected chi connectivity index (χ0v) is 16.5. The van der Waals surface area contributed by atoms with E-state index in [9.17, 15) is 4.79 Å². The highest BCUT2D eigenvalue weighted by atomic mass is 16.2. The number of likely N-dealkylation sites (tertiary alicyclic amines) is 3. The largest absolute Gasteiger partial charge is 0.384 e. The molecular formula is C22H34N4O. The number of nitrogens with zero attached hydrogens (tertiary/aromatic N) is 3. The van der Waals surface area contributed by atoms with Gasteiger partial charge in [-0.3, -0.25) is 4.79 Å². The van der Waals surface area contributed by atoms with Crippen LogP contribution in [0, 0.1) is 0 Å². The molecule has 3 aliphatic heterocycles. The maximum atomic E-state index is 13.0. The molecule has 0 bridgehead atoms. The van der Waals surface area contributed by atoms with Crippen molar-refractivity contribution in [3.05, 3.63) is 29.8 Å². The Kier molecular flexibility index (Phi) is 6.30. The highest BCUT2D eigenvalue weighted by molar-refractivity contribution is 5.95. The molecule has 4 rings (SSSR count). The van der Waals surface area contributed by atoms with Crippen molar-refractivity contribution < 1.29 is 4.79 Å². The first-order chi connectivity index (χ1) is 13.3. The Balaban J connectivity index is 1.28. The van der Waals surface area contributed by atoms with Crippen molar-refractivity contribution in [3.8, 4) is 0 Å². The summed E-state index contributed by atoms with van der Waals surface area (Å²) < 4.78 is 0. The van der Waals surface area contributed by atoms with Gasteiger partial charge in [0.2, 0.25) is 0 Å². The molecule has 148 valence electrons. The summed E-state index contributed by atoms with van der Waals surface area (Å²) in [7, 11) is 0. The molecule has 3 saturated heterocycles. The monoisotopic (exact) mass is 370 g/mol. The molecule has 1 amide bonds. The summed E-state index contributed by atoms with van der Waals surface area (Å²) >= 11 is 0. The van der Waals surface area contributed by atoms with Gasteiger partial charge in [0.1, 0.15) is 0 Å². The number of hydrogen-bond donors (Lipinski definition) is 1. The van der Waals surface area contributed by atoms with E-state index in [1.54, 1.807) is 0 Å². The van der Waals surface area contributed by atoms with Gasteiger partial charge in [-0.15, -0.1) is 0 Å². The number of benzene rings is 1. The van der Waals surface area contributed by atoms with E-state index in [4.69, 9.17) is 0 Å². The molecule has 0 aromatic heterocycles. The predicted octanol–water partition coefficient (Wildman–Crippen LogP) is 2.89. The van der Waals surface area contributed by atoms with Crippen LogP contribution in [-0.2, 0) is 0 Å². The Hall–Kier alpha value is -1.59. The van der Waals surface area contributed by atoms with Crippen LogP contribution in [0.5, 0.6) is 0 Å². The second kappa shape index (κ2) is 9.07. The van der Waals surface area contributed by atoms with Gasteiger partial charge in [0.05, 0.1) is 0 Å². The van der Waals surface area contributed by atoms with Gasteiger partial charge < -0.3 is 20.0 Å². The van der Waals surface area contributed by atoms with Crippen molar-refractivity contribution in [2.24, 2.45) is 0 Å². The molecule has 1 aromatic rings. The molecule has 1 aromatic carbocycles. The number of hydrogen-bond acceptors (Lipinski definition) is 4. The second-order valence-electron chi connectivity index (χ2n) is 8.36. The van der Waals surface area contributed by atoms with Crippen LogP contribution in [0.2, 0.25) is 0 Å². The molecule has 0 spiro atoms. The molecule has 5 nitrogen and oxygen atoms in total. The third kappa shape index (κ3) is 4.82. The smallest absolute Gasteiger partial charge is 0.254 e. The molecule has 1 unspecified atom stereocenters. The molecule has 0 aliphatic carbocycles. The molecule has 5 heteroatoms. The fourth-order valence-corrected chi connectivity index (χ4v) is 4.82. The molecule has 1 atom stereocenters. The van der Waals surface area contributed by atoms with Gasteiger partial charge in [-0.25, -0.2) is 0 Å². The summed E-state index contributed by atoms with van der Waals surface area (Å²) in [5, 5.41) is 3.49. The predicted molar refractivity (Wildman–Crippen MR) is 110 cm³/mol. The zero-order chi connectivity index (χ0) is 18.5. The number of amides is 1. The lowest BCUT2D eigenvalue weighted by Gasteiger charge is -2.28. The van der Waals surface area contributed by atoms with Gasteiger partial charge in [-0.2, -0.15) is 0 Å². The number of rotatable bonds is 7. The minimum Gasteiger partial charge on any atom is -0.384 e. The summed E-state index contributed by atoms with van der Waals surface area (Å²) in [6.45, 7) is 8.93. The van der Waals surface area contributed by atoms with Gasteiger partial charge in [0.25, 0.3) is 5.91 Å². The summed E-state index contributed by atoms with van der Waals surface area (Å²) in [6, 6.07) is 8.50. The molecule has 0 saturated carbocycles. The maximum Gasteiger partial charge on any atom is 0.254 e. The van der Waals surface area contributed by atoms with Crippen molar-refractivity contribution in [1.82, 2.24) is 14.7 Å². The van der Waals surface area contributed by atoms with E-state index in [0.29, 0.717) is 6.04 Å². The molecule has 3 heterocycles. The van der Waals surface area contributed by atoms with Gasteiger partial charge in [-0.1, -0.05) is 0 Å². The summed E-state index contributed by atoms with van der Waals surface area (Å²) in [6.07, 6.45) is 7.59. The first-order valence-corrected chi connectivity index (χ1v) is 10.9. The van der Waals surface area contributed by atoms with Crippen LogP contribution in [0.1, 0.15) is 48.9 Å². The average molecular weight is 371 g/mol. The topological polar surface area (TPSA) is 38.8 Å². The Bertz CT molecular complexity index is 605. The number of carbonyl (C=O) groups excluding carboxylic acids is 1. The number of carbonyl (C=O) groups is 1. The van der Waals surface area contributed by atoms with E-state index in [2.05, 4.69) is 32.1 Å². The van der Waals surface area contributed by atoms with Gasteiger partial charge >= 0.3 is 0 Å². The third-order valence-corrected chi connectivity index (χ3v) is 6.39. The Morgan fingerprint density at radius 3 is 2.26 bits per heavy atom. The number of nitrogens with one attached hydrogen (secondary N) is 1. The van der Waals surface area contributed by atoms with Crippen LogP contribution in [0.25, 0.3) is 0 Å². The normalized spacial score (nSPS) is 24.0. The fourth-order valence-electron chi connectivity index (χ4n) is 4.82. The Labute approximate surface area is 163 Å². The van der Waals surface area contributed by atoms with Crippen molar-refractivity contribution in [2.45, 2.75) is 44.6 Å². The zero-order valence-electron chi connectivity index (χ0n) is 16.5. The highest BCUT2D eigenvalue weighted by Crippen LogP contribution is 2.23. The minimum atomic E-state index is 0.209. The van der Waals surface area contributed by atoms with Gasteiger partial charge in [0.15, 0.2) is 0 Å². The SMILES string of the molecule is O=C(c1ccc(NCCN2CCCC2)cc1)N1CCCC1CN1CCCC1. The van der Waals surface area contributed by atoms with E-state index < -0.39 is 0 Å². The average Bonchev–Trinajstić information content (AvgIpc) is 3.45. The molecule has 0 radical (unpaired) electrons. The van der Waals surface area contributed by atoms with E-state index in [-0.39, 0.29) is 5.91 Å². The Morgan fingerprint density at radius 2 is 1.56 bits per heavy atom. The summed E-state index contributed by atoms with van der Waals surface area (Å²) in [5.74, 6) is 0.209. The summed E-state index contributed by atoms with van der Waals surface area (Å²) in [5.41, 5.74) is 1.94. The van der Waals surface area contributed by atoms with E-state index in [0.717, 1.165) is 50.3 Å². The first-order valence-electron chi connectivity index (χ1n) is 10.9. The first kappa shape index (κ1) is 18.8. The van der Waals surface area contributed by atoms with Gasteiger partial charge in [-0.05, 0) is 89.0 Å².